The van der Waals surface area contributed by atoms with Gasteiger partial charge >= 0.3 is 0 Å². The van der Waals surface area contributed by atoms with Crippen LogP contribution in [0.3, 0.4) is 0 Å². The molecule has 1 atom stereocenters. The van der Waals surface area contributed by atoms with Crippen molar-refractivity contribution in [2.45, 2.75) is 37.0 Å². The molecule has 4 rings (SSSR count). The third-order valence-electron chi connectivity index (χ3n) is 6.20. The summed E-state index contributed by atoms with van der Waals surface area (Å²) in [5.41, 5.74) is 4.95. The molecule has 0 aliphatic carbocycles. The van der Waals surface area contributed by atoms with Gasteiger partial charge in [0.25, 0.3) is 0 Å². The van der Waals surface area contributed by atoms with Crippen molar-refractivity contribution in [1.29, 1.82) is 0 Å². The van der Waals surface area contributed by atoms with Gasteiger partial charge in [-0.05, 0) is 65.1 Å². The Hall–Kier alpha value is -3.81. The Morgan fingerprint density at radius 1 is 1.00 bits per heavy atom. The number of carbonyl (C=O) groups excluding carboxylic acids is 1. The molecule has 0 aliphatic rings. The van der Waals surface area contributed by atoms with Gasteiger partial charge in [0.2, 0.25) is 0 Å². The second kappa shape index (κ2) is 14.4. The molecule has 0 unspecified atom stereocenters. The molecule has 3 aromatic carbocycles. The summed E-state index contributed by atoms with van der Waals surface area (Å²) in [6.07, 6.45) is 8.31. The van der Waals surface area contributed by atoms with E-state index >= 15 is 0 Å². The highest BCUT2D eigenvalue weighted by Gasteiger charge is 2.10. The molecule has 4 aromatic rings. The molecule has 6 nitrogen and oxygen atoms in total. The minimum atomic E-state index is -1.17. The molecule has 1 aromatic heterocycles. The number of methoxy groups -OCH3 is 1. The van der Waals surface area contributed by atoms with E-state index in [-0.39, 0.29) is 12.2 Å². The van der Waals surface area contributed by atoms with Gasteiger partial charge in [-0.1, -0.05) is 55.5 Å². The molecule has 0 saturated carbocycles. The van der Waals surface area contributed by atoms with Crippen molar-refractivity contribution in [2.75, 3.05) is 20.3 Å². The topological polar surface area (TPSA) is 70.4 Å². The predicted molar refractivity (Wildman–Crippen MR) is 156 cm³/mol. The highest BCUT2D eigenvalue weighted by molar-refractivity contribution is 7.84. The van der Waals surface area contributed by atoms with Crippen LogP contribution in [-0.4, -0.2) is 39.9 Å². The smallest absolute Gasteiger partial charge is 0.160 e. The third-order valence-corrected chi connectivity index (χ3v) is 7.55. The Balaban J connectivity index is 1.32. The summed E-state index contributed by atoms with van der Waals surface area (Å²) in [6, 6.07) is 23.4. The van der Waals surface area contributed by atoms with E-state index in [0.29, 0.717) is 19.0 Å². The summed E-state index contributed by atoms with van der Waals surface area (Å²) in [4.78, 5) is 17.6. The lowest BCUT2D eigenvalue weighted by atomic mass is 10.0. The van der Waals surface area contributed by atoms with Gasteiger partial charge in [-0.15, -0.1) is 0 Å². The summed E-state index contributed by atoms with van der Waals surface area (Å²) >= 11 is 0. The summed E-state index contributed by atoms with van der Waals surface area (Å²) in [5.74, 6) is 1.23. The highest BCUT2D eigenvalue weighted by Crippen LogP contribution is 2.24. The molecule has 0 N–H and O–H groups in total. The van der Waals surface area contributed by atoms with E-state index in [0.717, 1.165) is 51.6 Å². The number of carbonyl (C=O) groups is 1. The van der Waals surface area contributed by atoms with Crippen molar-refractivity contribution in [1.82, 2.24) is 9.55 Å². The maximum atomic E-state index is 12.8. The first-order valence-electron chi connectivity index (χ1n) is 13.0. The van der Waals surface area contributed by atoms with Gasteiger partial charge in [0.1, 0.15) is 12.4 Å². The zero-order valence-electron chi connectivity index (χ0n) is 22.4. The third kappa shape index (κ3) is 8.34. The van der Waals surface area contributed by atoms with E-state index in [1.165, 1.54) is 0 Å². The van der Waals surface area contributed by atoms with Gasteiger partial charge in [-0.3, -0.25) is 9.00 Å². The van der Waals surface area contributed by atoms with Gasteiger partial charge in [-0.2, -0.15) is 0 Å². The molecule has 0 amide bonds. The minimum absolute atomic E-state index is 0.00954. The molecular weight excluding hydrogens is 508 g/mol. The molecular formula is C32H34N2O4S. The van der Waals surface area contributed by atoms with Crippen LogP contribution >= 0.6 is 0 Å². The van der Waals surface area contributed by atoms with Crippen LogP contribution in [0.1, 0.15) is 30.2 Å². The first-order valence-corrected chi connectivity index (χ1v) is 14.4. The number of aromatic nitrogens is 2. The molecule has 0 fully saturated rings. The number of hydrogen-bond acceptors (Lipinski definition) is 5. The van der Waals surface area contributed by atoms with E-state index in [1.54, 1.807) is 25.7 Å². The van der Waals surface area contributed by atoms with Gasteiger partial charge in [0.05, 0.1) is 35.2 Å². The molecule has 0 bridgehead atoms. The largest absolute Gasteiger partial charge is 0.491 e. The first-order chi connectivity index (χ1) is 19.1. The lowest BCUT2D eigenvalue weighted by molar-refractivity contribution is -0.113. The summed E-state index contributed by atoms with van der Waals surface area (Å²) in [5, 5.41) is 0. The van der Waals surface area contributed by atoms with Crippen LogP contribution in [-0.2, 0) is 39.0 Å². The molecule has 1 heterocycles. The van der Waals surface area contributed by atoms with E-state index in [9.17, 15) is 9.00 Å². The van der Waals surface area contributed by atoms with Crippen molar-refractivity contribution >= 4 is 22.7 Å². The van der Waals surface area contributed by atoms with E-state index < -0.39 is 10.8 Å². The molecule has 0 radical (unpaired) electrons. The standard InChI is InChI=1S/C32H34N2O4S/c1-3-17-34-24-33-22-29(34)23-39(36)32-15-8-26(9-16-32)21-30(35)12-7-25-5-4-6-28(20-25)27-10-13-31(14-11-27)38-19-18-37-2/h4-16,20,22,24H,3,17-19,21,23H2,1-2H3/b12-7+/t39-/m0/s1. The SMILES string of the molecule is CCCn1cncc1C[S@](=O)c1ccc(CC(=O)/C=C/c2cccc(-c3ccc(OCCOC)cc3)c2)cc1. The number of nitrogens with zero attached hydrogens (tertiary/aromatic N) is 2. The van der Waals surface area contributed by atoms with Crippen molar-refractivity contribution in [3.05, 3.63) is 108 Å². The van der Waals surface area contributed by atoms with Gasteiger partial charge in [0, 0.05) is 31.2 Å². The van der Waals surface area contributed by atoms with Crippen molar-refractivity contribution in [3.63, 3.8) is 0 Å². The van der Waals surface area contributed by atoms with Gasteiger partial charge in [0.15, 0.2) is 5.78 Å². The maximum Gasteiger partial charge on any atom is 0.160 e. The van der Waals surface area contributed by atoms with Crippen LogP contribution in [0, 0.1) is 0 Å². The first kappa shape index (κ1) is 28.2. The highest BCUT2D eigenvalue weighted by atomic mass is 32.2. The van der Waals surface area contributed by atoms with E-state index in [2.05, 4.69) is 18.0 Å². The van der Waals surface area contributed by atoms with E-state index in [4.69, 9.17) is 9.47 Å². The van der Waals surface area contributed by atoms with Crippen LogP contribution in [0.4, 0.5) is 0 Å². The number of hydrogen-bond donors (Lipinski definition) is 0. The van der Waals surface area contributed by atoms with Gasteiger partial charge in [-0.25, -0.2) is 4.98 Å². The van der Waals surface area contributed by atoms with Crippen LogP contribution in [0.25, 0.3) is 17.2 Å². The number of ether oxygens (including phenoxy) is 2. The van der Waals surface area contributed by atoms with E-state index in [1.807, 2.05) is 77.4 Å². The van der Waals surface area contributed by atoms with Crippen LogP contribution in [0.2, 0.25) is 0 Å². The normalized spacial score (nSPS) is 12.1. The number of rotatable bonds is 14. The Morgan fingerprint density at radius 2 is 1.79 bits per heavy atom. The van der Waals surface area contributed by atoms with Crippen LogP contribution in [0.15, 0.2) is 96.3 Å². The zero-order chi connectivity index (χ0) is 27.5. The van der Waals surface area contributed by atoms with Crippen LogP contribution < -0.4 is 4.74 Å². The average molecular weight is 543 g/mol. The molecule has 39 heavy (non-hydrogen) atoms. The number of aryl methyl sites for hydroxylation is 1. The number of allylic oxidation sites excluding steroid dienone is 1. The predicted octanol–water partition coefficient (Wildman–Crippen LogP) is 6.12. The van der Waals surface area contributed by atoms with Crippen molar-refractivity contribution in [2.24, 2.45) is 0 Å². The number of imidazole rings is 1. The monoisotopic (exact) mass is 542 g/mol. The molecule has 202 valence electrons. The summed E-state index contributed by atoms with van der Waals surface area (Å²) < 4.78 is 25.5. The quantitative estimate of drug-likeness (QED) is 0.142. The van der Waals surface area contributed by atoms with Crippen LogP contribution in [0.5, 0.6) is 5.75 Å². The fourth-order valence-corrected chi connectivity index (χ4v) is 5.26. The van der Waals surface area contributed by atoms with Gasteiger partial charge < -0.3 is 14.0 Å². The molecule has 0 spiro atoms. The number of ketones is 1. The summed E-state index contributed by atoms with van der Waals surface area (Å²) in [6.45, 7) is 4.03. The molecule has 0 aliphatic heterocycles. The fraction of sp³-hybridized carbons (Fsp3) is 0.250. The Morgan fingerprint density at radius 3 is 2.54 bits per heavy atom. The fourth-order valence-electron chi connectivity index (χ4n) is 4.14. The molecule has 7 heteroatoms. The average Bonchev–Trinajstić information content (AvgIpc) is 3.39. The summed E-state index contributed by atoms with van der Waals surface area (Å²) in [7, 11) is 0.480. The molecule has 0 saturated heterocycles. The Labute approximate surface area is 232 Å². The lowest BCUT2D eigenvalue weighted by Crippen LogP contribution is -2.05. The second-order valence-electron chi connectivity index (χ2n) is 9.18. The number of benzene rings is 3. The Bertz CT molecular complexity index is 1410. The maximum absolute atomic E-state index is 12.8. The van der Waals surface area contributed by atoms with Crippen molar-refractivity contribution < 1.29 is 18.5 Å². The second-order valence-corrected chi connectivity index (χ2v) is 10.6. The Kier molecular flexibility index (Phi) is 10.4. The lowest BCUT2D eigenvalue weighted by Gasteiger charge is -2.07. The minimum Gasteiger partial charge on any atom is -0.491 e. The zero-order valence-corrected chi connectivity index (χ0v) is 23.2. The van der Waals surface area contributed by atoms with Crippen molar-refractivity contribution in [3.8, 4) is 16.9 Å².